The Morgan fingerprint density at radius 3 is 1.45 bits per heavy atom. The summed E-state index contributed by atoms with van der Waals surface area (Å²) in [7, 11) is 0. The Balaban J connectivity index is 0.000000203. The number of nitrogens with one attached hydrogen (secondary N) is 1. The van der Waals surface area contributed by atoms with E-state index in [0.29, 0.717) is 17.6 Å². The van der Waals surface area contributed by atoms with Crippen molar-refractivity contribution in [2.45, 2.75) is 188 Å². The summed E-state index contributed by atoms with van der Waals surface area (Å²) in [6.07, 6.45) is 15.4. The molecule has 4 aliphatic rings. The molecule has 0 aromatic heterocycles. The molecule has 0 radical (unpaired) electrons. The minimum atomic E-state index is 0.0449. The molecule has 4 aliphatic heterocycles. The third-order valence-electron chi connectivity index (χ3n) is 12.5. The van der Waals surface area contributed by atoms with Gasteiger partial charge in [-0.2, -0.15) is 0 Å². The summed E-state index contributed by atoms with van der Waals surface area (Å²) in [4.78, 5) is 9.71. The molecule has 4 heterocycles. The second-order valence-electron chi connectivity index (χ2n) is 18.1. The predicted molar refractivity (Wildman–Crippen MR) is 224 cm³/mol. The SMILES string of the molecule is CC(C)(C)N1CCCCC1.CC(C)N1CCC[C@H]1C(C)(c1ccccc1)c1ccccc1.CC(C)[NH+]1CCCCC1.CC[C@@H]1CCCN1C(C)C. The molecule has 4 heteroatoms. The van der Waals surface area contributed by atoms with E-state index in [2.05, 4.69) is 152 Å². The van der Waals surface area contributed by atoms with Crippen molar-refractivity contribution in [2.75, 3.05) is 39.3 Å². The topological polar surface area (TPSA) is 14.2 Å². The van der Waals surface area contributed by atoms with Crippen LogP contribution >= 0.6 is 0 Å². The number of likely N-dealkylation sites (tertiary alicyclic amines) is 4. The summed E-state index contributed by atoms with van der Waals surface area (Å²) in [5.41, 5.74) is 3.31. The molecule has 2 atom stereocenters. The van der Waals surface area contributed by atoms with Gasteiger partial charge < -0.3 is 4.90 Å². The van der Waals surface area contributed by atoms with Gasteiger partial charge in [-0.15, -0.1) is 0 Å². The molecule has 290 valence electrons. The molecular formula is C47H83N4+. The van der Waals surface area contributed by atoms with Crippen molar-refractivity contribution in [3.63, 3.8) is 0 Å². The van der Waals surface area contributed by atoms with Crippen LogP contribution in [0.2, 0.25) is 0 Å². The maximum Gasteiger partial charge on any atom is 0.0817 e. The zero-order valence-corrected chi connectivity index (χ0v) is 35.5. The quantitative estimate of drug-likeness (QED) is 0.309. The van der Waals surface area contributed by atoms with Gasteiger partial charge in [0.1, 0.15) is 0 Å². The van der Waals surface area contributed by atoms with Crippen LogP contribution < -0.4 is 4.90 Å². The van der Waals surface area contributed by atoms with Crippen molar-refractivity contribution in [2.24, 2.45) is 0 Å². The average molecular weight is 704 g/mol. The van der Waals surface area contributed by atoms with Gasteiger partial charge in [0.2, 0.25) is 0 Å². The number of quaternary nitrogens is 1. The summed E-state index contributed by atoms with van der Waals surface area (Å²) < 4.78 is 0. The number of hydrogen-bond acceptors (Lipinski definition) is 3. The number of benzene rings is 2. The molecule has 0 aliphatic carbocycles. The Morgan fingerprint density at radius 2 is 1.06 bits per heavy atom. The lowest BCUT2D eigenvalue weighted by Crippen LogP contribution is -3.15. The second kappa shape index (κ2) is 21.9. The molecule has 4 saturated heterocycles. The molecular weight excluding hydrogens is 621 g/mol. The molecule has 4 nitrogen and oxygen atoms in total. The zero-order valence-electron chi connectivity index (χ0n) is 35.5. The smallest absolute Gasteiger partial charge is 0.0817 e. The lowest BCUT2D eigenvalue weighted by molar-refractivity contribution is -0.926. The first-order valence-corrected chi connectivity index (χ1v) is 21.5. The molecule has 0 saturated carbocycles. The number of rotatable bonds is 7. The molecule has 2 aromatic rings. The van der Waals surface area contributed by atoms with E-state index in [9.17, 15) is 0 Å². The van der Waals surface area contributed by atoms with E-state index in [1.165, 1.54) is 121 Å². The average Bonchev–Trinajstić information content (AvgIpc) is 3.85. The first-order chi connectivity index (χ1) is 24.3. The maximum absolute atomic E-state index is 2.69. The van der Waals surface area contributed by atoms with E-state index in [4.69, 9.17) is 0 Å². The van der Waals surface area contributed by atoms with Crippen LogP contribution in [-0.4, -0.2) is 89.7 Å². The fourth-order valence-electron chi connectivity index (χ4n) is 9.27. The van der Waals surface area contributed by atoms with E-state index >= 15 is 0 Å². The van der Waals surface area contributed by atoms with Gasteiger partial charge in [0.25, 0.3) is 0 Å². The summed E-state index contributed by atoms with van der Waals surface area (Å²) >= 11 is 0. The zero-order chi connectivity index (χ0) is 37.4. The maximum atomic E-state index is 2.69. The lowest BCUT2D eigenvalue weighted by atomic mass is 9.69. The van der Waals surface area contributed by atoms with Crippen molar-refractivity contribution in [3.8, 4) is 0 Å². The van der Waals surface area contributed by atoms with Gasteiger partial charge in [-0.25, -0.2) is 0 Å². The third kappa shape index (κ3) is 13.3. The Labute approximate surface area is 317 Å². The highest BCUT2D eigenvalue weighted by molar-refractivity contribution is 5.41. The lowest BCUT2D eigenvalue weighted by Gasteiger charge is -2.43. The Kier molecular flexibility index (Phi) is 18.7. The highest BCUT2D eigenvalue weighted by Crippen LogP contribution is 2.42. The van der Waals surface area contributed by atoms with Gasteiger partial charge in [0.05, 0.1) is 19.1 Å². The van der Waals surface area contributed by atoms with Crippen LogP contribution in [0.25, 0.3) is 0 Å². The molecule has 0 spiro atoms. The fourth-order valence-corrected chi connectivity index (χ4v) is 9.27. The fraction of sp³-hybridized carbons (Fsp3) is 0.745. The van der Waals surface area contributed by atoms with Gasteiger partial charge in [-0.05, 0) is 171 Å². The van der Waals surface area contributed by atoms with Gasteiger partial charge in [-0.3, -0.25) is 14.7 Å². The van der Waals surface area contributed by atoms with E-state index in [1.54, 1.807) is 4.90 Å². The molecule has 6 rings (SSSR count). The summed E-state index contributed by atoms with van der Waals surface area (Å²) in [5.74, 6) is 0. The first kappa shape index (κ1) is 43.7. The van der Waals surface area contributed by atoms with Crippen molar-refractivity contribution in [3.05, 3.63) is 71.8 Å². The van der Waals surface area contributed by atoms with E-state index in [1.807, 2.05) is 0 Å². The molecule has 0 unspecified atom stereocenters. The highest BCUT2D eigenvalue weighted by atomic mass is 15.2. The Hall–Kier alpha value is -1.72. The highest BCUT2D eigenvalue weighted by Gasteiger charge is 2.43. The van der Waals surface area contributed by atoms with E-state index in [0.717, 1.165) is 18.1 Å². The van der Waals surface area contributed by atoms with Crippen LogP contribution in [0.5, 0.6) is 0 Å². The van der Waals surface area contributed by atoms with Crippen LogP contribution in [0.1, 0.15) is 158 Å². The molecule has 2 aromatic carbocycles. The van der Waals surface area contributed by atoms with Gasteiger partial charge in [-0.1, -0.05) is 74.0 Å². The van der Waals surface area contributed by atoms with Gasteiger partial charge >= 0.3 is 0 Å². The van der Waals surface area contributed by atoms with E-state index in [-0.39, 0.29) is 5.41 Å². The predicted octanol–water partition coefficient (Wildman–Crippen LogP) is 9.87. The van der Waals surface area contributed by atoms with Crippen LogP contribution in [0.15, 0.2) is 60.7 Å². The second-order valence-corrected chi connectivity index (χ2v) is 18.1. The van der Waals surface area contributed by atoms with Crippen LogP contribution in [0.3, 0.4) is 0 Å². The summed E-state index contributed by atoms with van der Waals surface area (Å²) in [6.45, 7) is 33.5. The van der Waals surface area contributed by atoms with E-state index < -0.39 is 0 Å². The number of piperidine rings is 2. The molecule has 0 bridgehead atoms. The Morgan fingerprint density at radius 1 is 0.588 bits per heavy atom. The third-order valence-corrected chi connectivity index (χ3v) is 12.5. The summed E-state index contributed by atoms with van der Waals surface area (Å²) in [6, 6.07) is 25.8. The Bertz CT molecular complexity index is 1120. The van der Waals surface area contributed by atoms with Gasteiger partial charge in [0.15, 0.2) is 0 Å². The minimum Gasteiger partial charge on any atom is -0.333 e. The van der Waals surface area contributed by atoms with Crippen LogP contribution in [0.4, 0.5) is 0 Å². The number of hydrogen-bond donors (Lipinski definition) is 1. The minimum absolute atomic E-state index is 0.0449. The van der Waals surface area contributed by atoms with Crippen LogP contribution in [0, 0.1) is 0 Å². The molecule has 1 N–H and O–H groups in total. The van der Waals surface area contributed by atoms with Crippen molar-refractivity contribution >= 4 is 0 Å². The largest absolute Gasteiger partial charge is 0.333 e. The molecule has 0 amide bonds. The standard InChI is InChI=1S/C21H27N.2C9H19N.C8H17N/c1-17(2)22-16-10-15-20(22)21(3,18-11-6-4-7-12-18)19-13-8-5-9-14-19;1-9(2,3)10-7-5-4-6-8-10;1-4-9-6-5-7-10(9)8(2)3;1-8(2)9-6-4-3-5-7-9/h4-9,11-14,17,20H,10,15-16H2,1-3H3;4-8H2,1-3H3;8-9H,4-7H2,1-3H3;8H,3-7H2,1-2H3/p+1/t20-;;9-;/m0.1./s1. The molecule has 4 fully saturated rings. The van der Waals surface area contributed by atoms with Gasteiger partial charge in [0, 0.05) is 35.1 Å². The van der Waals surface area contributed by atoms with Crippen molar-refractivity contribution in [1.82, 2.24) is 14.7 Å². The summed E-state index contributed by atoms with van der Waals surface area (Å²) in [5, 5.41) is 0. The molecule has 51 heavy (non-hydrogen) atoms. The number of nitrogens with zero attached hydrogens (tertiary/aromatic N) is 3. The van der Waals surface area contributed by atoms with Crippen molar-refractivity contribution in [1.29, 1.82) is 0 Å². The van der Waals surface area contributed by atoms with Crippen LogP contribution in [-0.2, 0) is 5.41 Å². The van der Waals surface area contributed by atoms with Crippen molar-refractivity contribution < 1.29 is 4.90 Å². The normalized spacial score (nSPS) is 22.6. The first-order valence-electron chi connectivity index (χ1n) is 21.5. The monoisotopic (exact) mass is 704 g/mol.